The molecule has 1 atom stereocenters. The van der Waals surface area contributed by atoms with Crippen molar-refractivity contribution in [1.82, 2.24) is 14.7 Å². The Labute approximate surface area is 116 Å². The van der Waals surface area contributed by atoms with Crippen LogP contribution in [0.4, 0.5) is 0 Å². The molecule has 0 saturated carbocycles. The molecule has 0 amide bonds. The molecule has 4 nitrogen and oxygen atoms in total. The first-order valence-electron chi connectivity index (χ1n) is 6.75. The molecule has 0 aliphatic carbocycles. The molecule has 1 aliphatic heterocycles. The number of aromatic nitrogens is 2. The molecule has 5 heteroatoms. The zero-order valence-corrected chi connectivity index (χ0v) is 12.0. The Hall–Kier alpha value is -0.580. The van der Waals surface area contributed by atoms with Crippen LogP contribution in [0.3, 0.4) is 0 Å². The zero-order chi connectivity index (χ0) is 12.1. The van der Waals surface area contributed by atoms with E-state index in [-0.39, 0.29) is 12.4 Å². The molecular formula is C13H25ClN4. The number of halogens is 1. The minimum absolute atomic E-state index is 0. The highest BCUT2D eigenvalue weighted by molar-refractivity contribution is 5.85. The number of nitrogens with two attached hydrogens (primary N) is 1. The number of likely N-dealkylation sites (tertiary alicyclic amines) is 1. The summed E-state index contributed by atoms with van der Waals surface area (Å²) in [6.45, 7) is 7.40. The molecule has 0 bridgehead atoms. The molecule has 104 valence electrons. The van der Waals surface area contributed by atoms with E-state index in [9.17, 15) is 0 Å². The fraction of sp³-hybridized carbons (Fsp3) is 0.769. The molecule has 1 aromatic heterocycles. The summed E-state index contributed by atoms with van der Waals surface area (Å²) < 4.78 is 2.04. The van der Waals surface area contributed by atoms with Gasteiger partial charge in [0.1, 0.15) is 0 Å². The Morgan fingerprint density at radius 3 is 3.06 bits per heavy atom. The van der Waals surface area contributed by atoms with Crippen LogP contribution in [0.25, 0.3) is 0 Å². The van der Waals surface area contributed by atoms with E-state index in [0.29, 0.717) is 5.92 Å². The van der Waals surface area contributed by atoms with Gasteiger partial charge in [-0.05, 0) is 38.3 Å². The van der Waals surface area contributed by atoms with Gasteiger partial charge in [0.05, 0.1) is 6.20 Å². The molecule has 1 aliphatic rings. The normalized spacial score (nSPS) is 20.7. The van der Waals surface area contributed by atoms with Crippen LogP contribution in [-0.4, -0.2) is 34.3 Å². The summed E-state index contributed by atoms with van der Waals surface area (Å²) in [4.78, 5) is 2.51. The molecule has 2 N–H and O–H groups in total. The largest absolute Gasteiger partial charge is 0.330 e. The lowest BCUT2D eigenvalue weighted by Gasteiger charge is -2.31. The van der Waals surface area contributed by atoms with Gasteiger partial charge in [0.2, 0.25) is 0 Å². The van der Waals surface area contributed by atoms with E-state index in [1.807, 2.05) is 10.9 Å². The zero-order valence-electron chi connectivity index (χ0n) is 11.2. The lowest BCUT2D eigenvalue weighted by molar-refractivity contribution is 0.171. The van der Waals surface area contributed by atoms with E-state index >= 15 is 0 Å². The predicted octanol–water partition coefficient (Wildman–Crippen LogP) is 1.89. The van der Waals surface area contributed by atoms with Crippen LogP contribution in [0.1, 0.15) is 31.7 Å². The maximum atomic E-state index is 5.76. The van der Waals surface area contributed by atoms with Crippen molar-refractivity contribution >= 4 is 12.4 Å². The third-order valence-electron chi connectivity index (χ3n) is 3.48. The lowest BCUT2D eigenvalue weighted by Crippen LogP contribution is -2.37. The Morgan fingerprint density at radius 2 is 2.33 bits per heavy atom. The summed E-state index contributed by atoms with van der Waals surface area (Å²) in [6, 6.07) is 0. The Bertz CT molecular complexity index is 339. The van der Waals surface area contributed by atoms with Gasteiger partial charge in [0.25, 0.3) is 0 Å². The van der Waals surface area contributed by atoms with E-state index in [1.165, 1.54) is 24.9 Å². The van der Waals surface area contributed by atoms with Crippen molar-refractivity contribution in [2.45, 2.75) is 39.3 Å². The highest BCUT2D eigenvalue weighted by atomic mass is 35.5. The minimum atomic E-state index is 0. The fourth-order valence-electron chi connectivity index (χ4n) is 2.58. The van der Waals surface area contributed by atoms with Gasteiger partial charge in [-0.25, -0.2) is 0 Å². The number of piperidine rings is 1. The first kappa shape index (κ1) is 15.5. The number of rotatable bonds is 5. The standard InChI is InChI=1S/C13H24N4.ClH/c1-2-5-17-11-13(8-15-17)10-16-6-3-4-12(7-14)9-16;/h8,11-12H,2-7,9-10,14H2,1H3;1H. The van der Waals surface area contributed by atoms with Crippen molar-refractivity contribution in [2.75, 3.05) is 19.6 Å². The van der Waals surface area contributed by atoms with E-state index in [1.54, 1.807) is 0 Å². The van der Waals surface area contributed by atoms with Crippen molar-refractivity contribution in [3.05, 3.63) is 18.0 Å². The smallest absolute Gasteiger partial charge is 0.0534 e. The second kappa shape index (κ2) is 7.77. The highest BCUT2D eigenvalue weighted by Crippen LogP contribution is 2.17. The third kappa shape index (κ3) is 4.26. The molecule has 18 heavy (non-hydrogen) atoms. The molecule has 1 aromatic rings. The van der Waals surface area contributed by atoms with Gasteiger partial charge in [-0.2, -0.15) is 5.10 Å². The molecule has 1 unspecified atom stereocenters. The Morgan fingerprint density at radius 1 is 1.50 bits per heavy atom. The average molecular weight is 273 g/mol. The summed E-state index contributed by atoms with van der Waals surface area (Å²) in [5.74, 6) is 0.689. The summed E-state index contributed by atoms with van der Waals surface area (Å²) in [6.07, 6.45) is 7.89. The molecule has 2 heterocycles. The molecule has 0 aromatic carbocycles. The highest BCUT2D eigenvalue weighted by Gasteiger charge is 2.18. The van der Waals surface area contributed by atoms with Crippen molar-refractivity contribution in [1.29, 1.82) is 0 Å². The summed E-state index contributed by atoms with van der Waals surface area (Å²) in [7, 11) is 0. The van der Waals surface area contributed by atoms with Crippen LogP contribution in [0.5, 0.6) is 0 Å². The maximum Gasteiger partial charge on any atom is 0.0534 e. The van der Waals surface area contributed by atoms with E-state index in [4.69, 9.17) is 5.73 Å². The average Bonchev–Trinajstić information content (AvgIpc) is 2.77. The van der Waals surface area contributed by atoms with Crippen LogP contribution in [0, 0.1) is 5.92 Å². The minimum Gasteiger partial charge on any atom is -0.330 e. The molecule has 1 saturated heterocycles. The predicted molar refractivity (Wildman–Crippen MR) is 76.8 cm³/mol. The monoisotopic (exact) mass is 272 g/mol. The van der Waals surface area contributed by atoms with E-state index in [0.717, 1.165) is 32.6 Å². The van der Waals surface area contributed by atoms with Crippen LogP contribution in [-0.2, 0) is 13.1 Å². The molecular weight excluding hydrogens is 248 g/mol. The van der Waals surface area contributed by atoms with Gasteiger partial charge >= 0.3 is 0 Å². The van der Waals surface area contributed by atoms with Crippen LogP contribution < -0.4 is 5.73 Å². The number of hydrogen-bond donors (Lipinski definition) is 1. The molecule has 2 rings (SSSR count). The topological polar surface area (TPSA) is 47.1 Å². The van der Waals surface area contributed by atoms with Gasteiger partial charge in [0, 0.05) is 31.4 Å². The third-order valence-corrected chi connectivity index (χ3v) is 3.48. The Kier molecular flexibility index (Phi) is 6.68. The number of hydrogen-bond acceptors (Lipinski definition) is 3. The van der Waals surface area contributed by atoms with Crippen LogP contribution in [0.15, 0.2) is 12.4 Å². The SMILES string of the molecule is CCCn1cc(CN2CCCC(CN)C2)cn1.Cl. The number of nitrogens with zero attached hydrogens (tertiary/aromatic N) is 3. The summed E-state index contributed by atoms with van der Waals surface area (Å²) in [5, 5.41) is 4.38. The molecule has 1 fully saturated rings. The fourth-order valence-corrected chi connectivity index (χ4v) is 2.58. The molecule has 0 spiro atoms. The maximum absolute atomic E-state index is 5.76. The van der Waals surface area contributed by atoms with Crippen LogP contribution in [0.2, 0.25) is 0 Å². The number of aryl methyl sites for hydroxylation is 1. The van der Waals surface area contributed by atoms with Gasteiger partial charge in [0.15, 0.2) is 0 Å². The van der Waals surface area contributed by atoms with Gasteiger partial charge < -0.3 is 5.73 Å². The van der Waals surface area contributed by atoms with Crippen molar-refractivity contribution < 1.29 is 0 Å². The Balaban J connectivity index is 0.00000162. The summed E-state index contributed by atoms with van der Waals surface area (Å²) in [5.41, 5.74) is 7.09. The van der Waals surface area contributed by atoms with Crippen molar-refractivity contribution in [2.24, 2.45) is 11.7 Å². The first-order valence-corrected chi connectivity index (χ1v) is 6.75. The van der Waals surface area contributed by atoms with Crippen molar-refractivity contribution in [3.8, 4) is 0 Å². The lowest BCUT2D eigenvalue weighted by atomic mass is 9.98. The van der Waals surface area contributed by atoms with E-state index < -0.39 is 0 Å². The quantitative estimate of drug-likeness (QED) is 0.890. The second-order valence-electron chi connectivity index (χ2n) is 5.09. The summed E-state index contributed by atoms with van der Waals surface area (Å²) >= 11 is 0. The van der Waals surface area contributed by atoms with Gasteiger partial charge in [-0.15, -0.1) is 12.4 Å². The first-order chi connectivity index (χ1) is 8.31. The molecule has 0 radical (unpaired) electrons. The van der Waals surface area contributed by atoms with E-state index in [2.05, 4.69) is 23.1 Å². The van der Waals surface area contributed by atoms with Gasteiger partial charge in [-0.3, -0.25) is 9.58 Å². The van der Waals surface area contributed by atoms with Crippen molar-refractivity contribution in [3.63, 3.8) is 0 Å². The second-order valence-corrected chi connectivity index (χ2v) is 5.09. The van der Waals surface area contributed by atoms with Crippen LogP contribution >= 0.6 is 12.4 Å². The van der Waals surface area contributed by atoms with Gasteiger partial charge in [-0.1, -0.05) is 6.92 Å².